The van der Waals surface area contributed by atoms with Crippen LogP contribution in [0.1, 0.15) is 5.69 Å². The zero-order chi connectivity index (χ0) is 10.7. The first-order valence-corrected chi connectivity index (χ1v) is 6.52. The number of thioether (sulfide) groups is 1. The van der Waals surface area contributed by atoms with Crippen LogP contribution in [0.2, 0.25) is 0 Å². The number of para-hydroxylation sites is 1. The smallest absolute Gasteiger partial charge is 0.0483 e. The normalized spacial score (nSPS) is 11.1. The Hall–Kier alpha value is -0.930. The van der Waals surface area contributed by atoms with E-state index in [-0.39, 0.29) is 0 Å². The van der Waals surface area contributed by atoms with E-state index in [1.807, 2.05) is 11.8 Å². The van der Waals surface area contributed by atoms with E-state index in [0.717, 1.165) is 12.3 Å². The van der Waals surface area contributed by atoms with Crippen LogP contribution < -0.4 is 5.73 Å². The molecule has 0 radical (unpaired) electrons. The molecule has 2 aromatic rings. The van der Waals surface area contributed by atoms with Crippen LogP contribution in [0.5, 0.6) is 0 Å². The van der Waals surface area contributed by atoms with Crippen LogP contribution in [0, 0.1) is 0 Å². The minimum atomic E-state index is 0.614. The van der Waals surface area contributed by atoms with Gasteiger partial charge >= 0.3 is 0 Å². The van der Waals surface area contributed by atoms with Crippen molar-refractivity contribution in [1.82, 2.24) is 4.57 Å². The highest BCUT2D eigenvalue weighted by atomic mass is 32.2. The van der Waals surface area contributed by atoms with Crippen molar-refractivity contribution in [2.45, 2.75) is 13.1 Å². The second-order valence-corrected chi connectivity index (χ2v) is 4.53. The maximum absolute atomic E-state index is 5.76. The monoisotopic (exact) mass is 220 g/mol. The van der Waals surface area contributed by atoms with Gasteiger partial charge in [-0.05, 0) is 23.8 Å². The van der Waals surface area contributed by atoms with Crippen molar-refractivity contribution in [3.63, 3.8) is 0 Å². The number of aromatic nitrogens is 1. The fourth-order valence-corrected chi connectivity index (χ4v) is 2.25. The Morgan fingerprint density at radius 2 is 2.13 bits per heavy atom. The summed E-state index contributed by atoms with van der Waals surface area (Å²) in [5.74, 6) is 1.13. The molecule has 0 unspecified atom stereocenters. The molecule has 1 heterocycles. The maximum atomic E-state index is 5.76. The van der Waals surface area contributed by atoms with Crippen molar-refractivity contribution in [1.29, 1.82) is 0 Å². The molecule has 0 bridgehead atoms. The van der Waals surface area contributed by atoms with Crippen LogP contribution in [-0.2, 0) is 13.1 Å². The summed E-state index contributed by atoms with van der Waals surface area (Å²) in [6.07, 6.45) is 2.13. The number of nitrogens with zero attached hydrogens (tertiary/aromatic N) is 1. The van der Waals surface area contributed by atoms with E-state index in [1.54, 1.807) is 0 Å². The van der Waals surface area contributed by atoms with Crippen LogP contribution >= 0.6 is 11.8 Å². The van der Waals surface area contributed by atoms with Gasteiger partial charge in [-0.3, -0.25) is 0 Å². The van der Waals surface area contributed by atoms with E-state index in [9.17, 15) is 0 Å². The molecule has 80 valence electrons. The molecular weight excluding hydrogens is 204 g/mol. The molecule has 0 saturated carbocycles. The number of benzene rings is 1. The Bertz CT molecular complexity index is 448. The van der Waals surface area contributed by atoms with Gasteiger partial charge < -0.3 is 10.3 Å². The van der Waals surface area contributed by atoms with E-state index in [2.05, 4.69) is 41.2 Å². The summed E-state index contributed by atoms with van der Waals surface area (Å²) in [6.45, 7) is 1.66. The molecule has 1 aromatic carbocycles. The van der Waals surface area contributed by atoms with Crippen molar-refractivity contribution in [2.75, 3.05) is 12.0 Å². The van der Waals surface area contributed by atoms with Crippen molar-refractivity contribution < 1.29 is 0 Å². The summed E-state index contributed by atoms with van der Waals surface area (Å²) >= 11 is 1.87. The summed E-state index contributed by atoms with van der Waals surface area (Å²) in [5, 5.41) is 1.29. The van der Waals surface area contributed by atoms with Gasteiger partial charge in [-0.25, -0.2) is 0 Å². The summed E-state index contributed by atoms with van der Waals surface area (Å²) in [5.41, 5.74) is 8.28. The summed E-state index contributed by atoms with van der Waals surface area (Å²) in [7, 11) is 0. The molecule has 0 fully saturated rings. The zero-order valence-electron chi connectivity index (χ0n) is 8.94. The predicted molar refractivity (Wildman–Crippen MR) is 68.2 cm³/mol. The first-order valence-electron chi connectivity index (χ1n) is 5.13. The molecule has 0 aliphatic rings. The second kappa shape index (κ2) is 4.73. The van der Waals surface area contributed by atoms with E-state index in [0.29, 0.717) is 6.54 Å². The van der Waals surface area contributed by atoms with E-state index in [4.69, 9.17) is 5.73 Å². The van der Waals surface area contributed by atoms with E-state index in [1.165, 1.54) is 16.6 Å². The Balaban J connectivity index is 2.47. The van der Waals surface area contributed by atoms with Crippen LogP contribution in [0.15, 0.2) is 30.3 Å². The van der Waals surface area contributed by atoms with Gasteiger partial charge in [-0.2, -0.15) is 11.8 Å². The average molecular weight is 220 g/mol. The van der Waals surface area contributed by atoms with Gasteiger partial charge in [0.05, 0.1) is 0 Å². The lowest BCUT2D eigenvalue weighted by Crippen LogP contribution is -2.08. The van der Waals surface area contributed by atoms with Crippen LogP contribution in [0.4, 0.5) is 0 Å². The number of aryl methyl sites for hydroxylation is 1. The first kappa shape index (κ1) is 10.6. The second-order valence-electron chi connectivity index (χ2n) is 3.54. The summed E-state index contributed by atoms with van der Waals surface area (Å²) in [6, 6.07) is 10.6. The Morgan fingerprint density at radius 3 is 2.87 bits per heavy atom. The molecule has 0 aliphatic heterocycles. The van der Waals surface area contributed by atoms with Gasteiger partial charge in [-0.15, -0.1) is 0 Å². The molecule has 0 amide bonds. The van der Waals surface area contributed by atoms with Gasteiger partial charge in [0.2, 0.25) is 0 Å². The molecule has 2 N–H and O–H groups in total. The lowest BCUT2D eigenvalue weighted by Gasteiger charge is -2.08. The largest absolute Gasteiger partial charge is 0.342 e. The number of hydrogen-bond donors (Lipinski definition) is 1. The molecule has 0 aliphatic carbocycles. The topological polar surface area (TPSA) is 30.9 Å². The molecule has 1 aromatic heterocycles. The van der Waals surface area contributed by atoms with Crippen LogP contribution in [0.3, 0.4) is 0 Å². The third kappa shape index (κ3) is 2.03. The zero-order valence-corrected chi connectivity index (χ0v) is 9.76. The van der Waals surface area contributed by atoms with Gasteiger partial charge in [0, 0.05) is 30.1 Å². The van der Waals surface area contributed by atoms with Gasteiger partial charge in [0.25, 0.3) is 0 Å². The van der Waals surface area contributed by atoms with Crippen molar-refractivity contribution >= 4 is 22.7 Å². The van der Waals surface area contributed by atoms with Gasteiger partial charge in [-0.1, -0.05) is 18.2 Å². The summed E-state index contributed by atoms with van der Waals surface area (Å²) < 4.78 is 2.33. The number of nitrogens with two attached hydrogens (primary N) is 1. The fraction of sp³-hybridized carbons (Fsp3) is 0.333. The van der Waals surface area contributed by atoms with Crippen LogP contribution in [-0.4, -0.2) is 16.6 Å². The minimum Gasteiger partial charge on any atom is -0.342 e. The maximum Gasteiger partial charge on any atom is 0.0483 e. The molecule has 0 spiro atoms. The molecular formula is C12H16N2S. The van der Waals surface area contributed by atoms with Crippen LogP contribution in [0.25, 0.3) is 10.9 Å². The molecule has 3 heteroatoms. The quantitative estimate of drug-likeness (QED) is 0.858. The number of hydrogen-bond acceptors (Lipinski definition) is 2. The summed E-state index contributed by atoms with van der Waals surface area (Å²) in [4.78, 5) is 0. The molecule has 0 atom stereocenters. The molecule has 15 heavy (non-hydrogen) atoms. The Kier molecular flexibility index (Phi) is 3.34. The Morgan fingerprint density at radius 1 is 1.33 bits per heavy atom. The van der Waals surface area contributed by atoms with E-state index >= 15 is 0 Å². The first-order chi connectivity index (χ1) is 7.36. The number of rotatable bonds is 4. The Labute approximate surface area is 94.5 Å². The highest BCUT2D eigenvalue weighted by Crippen LogP contribution is 2.19. The van der Waals surface area contributed by atoms with E-state index < -0.39 is 0 Å². The predicted octanol–water partition coefficient (Wildman–Crippen LogP) is 2.46. The van der Waals surface area contributed by atoms with Crippen molar-refractivity contribution in [3.8, 4) is 0 Å². The molecule has 2 rings (SSSR count). The number of fused-ring (bicyclic) bond motifs is 1. The standard InChI is InChI=1S/C12H16N2S/c1-15-7-6-14-11(9-13)8-10-4-2-3-5-12(10)14/h2-5,8H,6-7,9,13H2,1H3. The average Bonchev–Trinajstić information content (AvgIpc) is 2.64. The molecule has 0 saturated heterocycles. The van der Waals surface area contributed by atoms with Crippen molar-refractivity contribution in [3.05, 3.63) is 36.0 Å². The lowest BCUT2D eigenvalue weighted by atomic mass is 10.2. The third-order valence-corrected chi connectivity index (χ3v) is 3.22. The van der Waals surface area contributed by atoms with Gasteiger partial charge in [0.15, 0.2) is 0 Å². The highest BCUT2D eigenvalue weighted by molar-refractivity contribution is 7.98. The SMILES string of the molecule is CSCCn1c(CN)cc2ccccc21. The molecule has 2 nitrogen and oxygen atoms in total. The third-order valence-electron chi connectivity index (χ3n) is 2.62. The fourth-order valence-electron chi connectivity index (χ4n) is 1.88. The highest BCUT2D eigenvalue weighted by Gasteiger charge is 2.05. The van der Waals surface area contributed by atoms with Gasteiger partial charge in [0.1, 0.15) is 0 Å². The van der Waals surface area contributed by atoms with Crippen molar-refractivity contribution in [2.24, 2.45) is 5.73 Å². The minimum absolute atomic E-state index is 0.614. The lowest BCUT2D eigenvalue weighted by molar-refractivity contribution is 0.747.